The van der Waals surface area contributed by atoms with E-state index in [1.54, 1.807) is 13.0 Å². The summed E-state index contributed by atoms with van der Waals surface area (Å²) < 4.78 is 27.0. The molecule has 2 unspecified atom stereocenters. The van der Waals surface area contributed by atoms with Crippen LogP contribution in [0.3, 0.4) is 0 Å². The summed E-state index contributed by atoms with van der Waals surface area (Å²) in [6.45, 7) is 1.47. The van der Waals surface area contributed by atoms with Gasteiger partial charge in [-0.3, -0.25) is 4.79 Å². The molecule has 7 nitrogen and oxygen atoms in total. The van der Waals surface area contributed by atoms with E-state index in [0.717, 1.165) is 4.31 Å². The third-order valence-electron chi connectivity index (χ3n) is 3.44. The lowest BCUT2D eigenvalue weighted by Gasteiger charge is -2.22. The van der Waals surface area contributed by atoms with Gasteiger partial charge in [0.1, 0.15) is 6.04 Å². The number of aliphatic hydroxyl groups is 1. The highest BCUT2D eigenvalue weighted by Gasteiger charge is 2.43. The highest BCUT2D eigenvalue weighted by atomic mass is 79.9. The molecule has 2 atom stereocenters. The van der Waals surface area contributed by atoms with Gasteiger partial charge in [-0.2, -0.15) is 4.31 Å². The SMILES string of the molecule is Cc1cc(Br)c(N)cc1S(=O)(=O)N1CC(O)CC1C(N)=O. The van der Waals surface area contributed by atoms with Crippen LogP contribution >= 0.6 is 15.9 Å². The predicted molar refractivity (Wildman–Crippen MR) is 80.8 cm³/mol. The van der Waals surface area contributed by atoms with Crippen molar-refractivity contribution in [3.05, 3.63) is 22.2 Å². The van der Waals surface area contributed by atoms with E-state index in [1.165, 1.54) is 6.07 Å². The summed E-state index contributed by atoms with van der Waals surface area (Å²) in [4.78, 5) is 11.4. The lowest BCUT2D eigenvalue weighted by atomic mass is 10.2. The Morgan fingerprint density at radius 3 is 2.67 bits per heavy atom. The number of carbonyl (C=O) groups is 1. The summed E-state index contributed by atoms with van der Waals surface area (Å²) in [6.07, 6.45) is -0.912. The number of nitrogen functional groups attached to an aromatic ring is 1. The molecule has 2 rings (SSSR count). The van der Waals surface area contributed by atoms with Crippen molar-refractivity contribution in [2.24, 2.45) is 5.73 Å². The zero-order chi connectivity index (χ0) is 15.9. The van der Waals surface area contributed by atoms with Crippen LogP contribution in [0, 0.1) is 6.92 Å². The molecule has 0 saturated carbocycles. The van der Waals surface area contributed by atoms with Crippen LogP contribution in [0.25, 0.3) is 0 Å². The van der Waals surface area contributed by atoms with Gasteiger partial charge in [-0.1, -0.05) is 0 Å². The number of β-amino-alcohol motifs (C(OH)–C–C–N with tert-alkyl or cyclic N) is 1. The number of rotatable bonds is 3. The zero-order valence-corrected chi connectivity index (χ0v) is 13.7. The molecule has 0 aliphatic carbocycles. The van der Waals surface area contributed by atoms with E-state index in [0.29, 0.717) is 10.0 Å². The summed E-state index contributed by atoms with van der Waals surface area (Å²) in [7, 11) is -3.96. The number of primary amides is 1. The van der Waals surface area contributed by atoms with Crippen LogP contribution in [0.15, 0.2) is 21.5 Å². The van der Waals surface area contributed by atoms with E-state index in [9.17, 15) is 18.3 Å². The van der Waals surface area contributed by atoms with Crippen molar-refractivity contribution >= 4 is 37.5 Å². The van der Waals surface area contributed by atoms with E-state index in [4.69, 9.17) is 11.5 Å². The van der Waals surface area contributed by atoms with E-state index >= 15 is 0 Å². The molecule has 1 amide bonds. The molecule has 1 saturated heterocycles. The normalized spacial score (nSPS) is 23.4. The molecule has 1 aliphatic rings. The molecule has 21 heavy (non-hydrogen) atoms. The van der Waals surface area contributed by atoms with Crippen molar-refractivity contribution < 1.29 is 18.3 Å². The fraction of sp³-hybridized carbons (Fsp3) is 0.417. The highest BCUT2D eigenvalue weighted by molar-refractivity contribution is 9.10. The van der Waals surface area contributed by atoms with Crippen molar-refractivity contribution in [2.45, 2.75) is 30.4 Å². The molecule has 1 heterocycles. The molecule has 0 aromatic heterocycles. The van der Waals surface area contributed by atoms with E-state index in [1.807, 2.05) is 0 Å². The largest absolute Gasteiger partial charge is 0.398 e. The Hall–Kier alpha value is -1.16. The second-order valence-corrected chi connectivity index (χ2v) is 7.73. The topological polar surface area (TPSA) is 127 Å². The number of hydrogen-bond acceptors (Lipinski definition) is 5. The van der Waals surface area contributed by atoms with Gasteiger partial charge in [0.05, 0.1) is 11.0 Å². The van der Waals surface area contributed by atoms with Crippen LogP contribution in [0.5, 0.6) is 0 Å². The Bertz CT molecular complexity index is 692. The molecule has 0 spiro atoms. The van der Waals surface area contributed by atoms with Gasteiger partial charge in [-0.05, 0) is 40.5 Å². The van der Waals surface area contributed by atoms with Crippen LogP contribution in [0.1, 0.15) is 12.0 Å². The lowest BCUT2D eigenvalue weighted by molar-refractivity contribution is -0.121. The fourth-order valence-electron chi connectivity index (χ4n) is 2.38. The number of sulfonamides is 1. The maximum atomic E-state index is 12.7. The Labute approximate surface area is 131 Å². The van der Waals surface area contributed by atoms with Gasteiger partial charge >= 0.3 is 0 Å². The third-order valence-corrected chi connectivity index (χ3v) is 6.15. The van der Waals surface area contributed by atoms with Gasteiger partial charge in [-0.15, -0.1) is 0 Å². The molecule has 1 aliphatic heterocycles. The number of amides is 1. The summed E-state index contributed by atoms with van der Waals surface area (Å²) >= 11 is 3.23. The number of benzene rings is 1. The first-order valence-corrected chi connectivity index (χ1v) is 8.42. The molecule has 5 N–H and O–H groups in total. The van der Waals surface area contributed by atoms with Gasteiger partial charge in [0.25, 0.3) is 0 Å². The van der Waals surface area contributed by atoms with Crippen LogP contribution in [-0.4, -0.2) is 42.4 Å². The maximum absolute atomic E-state index is 12.7. The first-order chi connectivity index (χ1) is 9.64. The standard InChI is InChI=1S/C12H16BrN3O4S/c1-6-2-8(13)9(14)4-11(6)21(19,20)16-5-7(17)3-10(16)12(15)18/h2,4,7,10,17H,3,5,14H2,1H3,(H2,15,18). The summed E-state index contributed by atoms with van der Waals surface area (Å²) in [5.41, 5.74) is 11.7. The monoisotopic (exact) mass is 377 g/mol. The summed E-state index contributed by atoms with van der Waals surface area (Å²) in [5.74, 6) is -0.780. The van der Waals surface area contributed by atoms with Crippen LogP contribution < -0.4 is 11.5 Å². The van der Waals surface area contributed by atoms with Gasteiger partial charge in [0, 0.05) is 23.1 Å². The number of nitrogens with zero attached hydrogens (tertiary/aromatic N) is 1. The molecular formula is C12H16BrN3O4S. The summed E-state index contributed by atoms with van der Waals surface area (Å²) in [5, 5.41) is 9.65. The minimum absolute atomic E-state index is 0.000376. The van der Waals surface area contributed by atoms with E-state index in [-0.39, 0.29) is 23.5 Å². The number of nitrogens with two attached hydrogens (primary N) is 2. The van der Waals surface area contributed by atoms with Crippen molar-refractivity contribution in [1.82, 2.24) is 4.31 Å². The van der Waals surface area contributed by atoms with Crippen molar-refractivity contribution in [3.63, 3.8) is 0 Å². The van der Waals surface area contributed by atoms with Gasteiger partial charge < -0.3 is 16.6 Å². The van der Waals surface area contributed by atoms with Crippen LogP contribution in [0.2, 0.25) is 0 Å². The van der Waals surface area contributed by atoms with Gasteiger partial charge in [0.15, 0.2) is 0 Å². The molecule has 0 bridgehead atoms. The highest BCUT2D eigenvalue weighted by Crippen LogP contribution is 2.32. The predicted octanol–water partition coefficient (Wildman–Crippen LogP) is -0.0511. The maximum Gasteiger partial charge on any atom is 0.244 e. The molecule has 1 fully saturated rings. The van der Waals surface area contributed by atoms with Crippen LogP contribution in [0.4, 0.5) is 5.69 Å². The van der Waals surface area contributed by atoms with E-state index in [2.05, 4.69) is 15.9 Å². The number of anilines is 1. The fourth-order valence-corrected chi connectivity index (χ4v) is 4.73. The number of aryl methyl sites for hydroxylation is 1. The molecule has 1 aromatic carbocycles. The zero-order valence-electron chi connectivity index (χ0n) is 11.3. The molecule has 0 radical (unpaired) electrons. The molecule has 9 heteroatoms. The van der Waals surface area contributed by atoms with Crippen molar-refractivity contribution in [3.8, 4) is 0 Å². The lowest BCUT2D eigenvalue weighted by Crippen LogP contribution is -2.43. The van der Waals surface area contributed by atoms with Crippen LogP contribution in [-0.2, 0) is 14.8 Å². The molecule has 1 aromatic rings. The smallest absolute Gasteiger partial charge is 0.244 e. The number of hydrogen-bond donors (Lipinski definition) is 3. The Morgan fingerprint density at radius 1 is 1.48 bits per heavy atom. The Kier molecular flexibility index (Phi) is 4.29. The Morgan fingerprint density at radius 2 is 2.10 bits per heavy atom. The average Bonchev–Trinajstić information content (AvgIpc) is 2.76. The first-order valence-electron chi connectivity index (χ1n) is 6.19. The minimum Gasteiger partial charge on any atom is -0.398 e. The van der Waals surface area contributed by atoms with Crippen molar-refractivity contribution in [2.75, 3.05) is 12.3 Å². The third kappa shape index (κ3) is 2.91. The summed E-state index contributed by atoms with van der Waals surface area (Å²) in [6, 6.07) is 1.88. The van der Waals surface area contributed by atoms with Crippen molar-refractivity contribution in [1.29, 1.82) is 0 Å². The number of halogens is 1. The number of aliphatic hydroxyl groups excluding tert-OH is 1. The molecule has 116 valence electrons. The average molecular weight is 378 g/mol. The quantitative estimate of drug-likeness (QED) is 0.636. The molecular weight excluding hydrogens is 362 g/mol. The van der Waals surface area contributed by atoms with E-state index < -0.39 is 28.1 Å². The van der Waals surface area contributed by atoms with Gasteiger partial charge in [-0.25, -0.2) is 8.42 Å². The van der Waals surface area contributed by atoms with Gasteiger partial charge in [0.2, 0.25) is 15.9 Å². The second kappa shape index (κ2) is 5.56. The first kappa shape index (κ1) is 16.2. The second-order valence-electron chi connectivity index (χ2n) is 5.02. The minimum atomic E-state index is -3.96. The number of carbonyl (C=O) groups excluding carboxylic acids is 1. The Balaban J connectivity index is 2.52.